The van der Waals surface area contributed by atoms with E-state index in [1.807, 2.05) is 13.8 Å². The molecule has 0 rings (SSSR count). The Morgan fingerprint density at radius 2 is 1.71 bits per heavy atom. The van der Waals surface area contributed by atoms with Gasteiger partial charge < -0.3 is 4.48 Å². The lowest BCUT2D eigenvalue weighted by atomic mass is 10.0. The zero-order valence-corrected chi connectivity index (χ0v) is 13.2. The Kier molecular flexibility index (Phi) is 6.42. The summed E-state index contributed by atoms with van der Waals surface area (Å²) < 4.78 is 24.4. The number of hydrogen-bond acceptors (Lipinski definition) is 3. The summed E-state index contributed by atoms with van der Waals surface area (Å²) in [4.78, 5) is 2.60. The van der Waals surface area contributed by atoms with Crippen molar-refractivity contribution in [3.05, 3.63) is 0 Å². The first-order valence-corrected chi connectivity index (χ1v) is 8.06. The summed E-state index contributed by atoms with van der Waals surface area (Å²) in [7, 11) is 3.23. The molecule has 0 saturated carbocycles. The Morgan fingerprint density at radius 1 is 1.18 bits per heavy atom. The summed E-state index contributed by atoms with van der Waals surface area (Å²) in [5, 5.41) is 0. The molecule has 6 heteroatoms. The van der Waals surface area contributed by atoms with Crippen LogP contribution in [0.25, 0.3) is 0 Å². The second kappa shape index (κ2) is 6.36. The molecule has 0 aromatic heterocycles. The Morgan fingerprint density at radius 3 is 2.12 bits per heavy atom. The van der Waals surface area contributed by atoms with Crippen molar-refractivity contribution in [3.8, 4) is 0 Å². The van der Waals surface area contributed by atoms with Gasteiger partial charge in [0, 0.05) is 12.0 Å². The molecule has 0 aliphatic heterocycles. The van der Waals surface area contributed by atoms with Gasteiger partial charge in [0.25, 0.3) is 0 Å². The minimum absolute atomic E-state index is 0.191. The summed E-state index contributed by atoms with van der Waals surface area (Å²) >= 11 is 5.54. The van der Waals surface area contributed by atoms with Crippen LogP contribution in [0.15, 0.2) is 0 Å². The van der Waals surface area contributed by atoms with E-state index in [4.69, 9.17) is 11.8 Å². The Labute approximate surface area is 111 Å². The average molecular weight is 286 g/mol. The fourth-order valence-electron chi connectivity index (χ4n) is 1.32. The Balaban J connectivity index is 4.06. The van der Waals surface area contributed by atoms with E-state index in [1.54, 1.807) is 0 Å². The highest BCUT2D eigenvalue weighted by Gasteiger charge is 2.21. The van der Waals surface area contributed by atoms with Crippen molar-refractivity contribution < 1.29 is 12.9 Å². The molecule has 0 fully saturated rings. The summed E-state index contributed by atoms with van der Waals surface area (Å²) in [6.45, 7) is 4.65. The fraction of sp³-hybridized carbons (Fsp3) is 1.00. The number of quaternary nitrogens is 1. The molecule has 0 unspecified atom stereocenters. The molecule has 0 aliphatic rings. The van der Waals surface area contributed by atoms with Crippen LogP contribution in [0.5, 0.6) is 0 Å². The first-order chi connectivity index (χ1) is 7.47. The minimum Gasteiger partial charge on any atom is -0.331 e. The molecule has 0 saturated heterocycles. The van der Waals surface area contributed by atoms with Crippen LogP contribution in [0.3, 0.4) is 0 Å². The van der Waals surface area contributed by atoms with Crippen LogP contribution >= 0.6 is 11.8 Å². The van der Waals surface area contributed by atoms with E-state index in [1.165, 1.54) is 0 Å². The Hall–Kier alpha value is 0.160. The van der Waals surface area contributed by atoms with Crippen molar-refractivity contribution in [1.82, 2.24) is 4.84 Å². The molecule has 0 amide bonds. The first-order valence-electron chi connectivity index (χ1n) is 5.86. The molecule has 1 N–H and O–H groups in total. The van der Waals surface area contributed by atoms with Crippen molar-refractivity contribution in [2.75, 3.05) is 39.2 Å². The number of halogens is 1. The monoisotopic (exact) mass is 285 g/mol. The van der Waals surface area contributed by atoms with Gasteiger partial charge in [0.05, 0.1) is 39.2 Å². The highest BCUT2D eigenvalue weighted by Crippen LogP contribution is 2.12. The van der Waals surface area contributed by atoms with Crippen LogP contribution in [0.1, 0.15) is 26.7 Å². The molecule has 17 heavy (non-hydrogen) atoms. The van der Waals surface area contributed by atoms with Gasteiger partial charge in [-0.25, -0.2) is 13.3 Å². The maximum atomic E-state index is 11.8. The highest BCUT2D eigenvalue weighted by atomic mass is 35.5. The predicted octanol–water partition coefficient (Wildman–Crippen LogP) is 1.41. The first kappa shape index (κ1) is 17.2. The molecular formula is C11H26ClN2O2S+. The smallest absolute Gasteiger partial charge is 0.150 e. The lowest BCUT2D eigenvalue weighted by Gasteiger charge is -2.24. The predicted molar refractivity (Wildman–Crippen MR) is 73.9 cm³/mol. The third-order valence-electron chi connectivity index (χ3n) is 2.58. The summed E-state index contributed by atoms with van der Waals surface area (Å²) in [5.74, 6) is 0.456. The molecule has 0 bridgehead atoms. The van der Waals surface area contributed by atoms with Gasteiger partial charge in [-0.15, -0.1) is 0 Å². The number of nitrogens with one attached hydrogen (secondary N) is 1. The van der Waals surface area contributed by atoms with Gasteiger partial charge in [0.1, 0.15) is 0 Å². The second-order valence-electron chi connectivity index (χ2n) is 6.25. The van der Waals surface area contributed by atoms with E-state index < -0.39 is 9.84 Å². The van der Waals surface area contributed by atoms with E-state index in [9.17, 15) is 8.42 Å². The minimum atomic E-state index is -2.96. The molecule has 0 atom stereocenters. The SMILES string of the molecule is CC(C)(CCS(=O)(=O)CCC[N+](C)(C)C)NCl. The molecule has 4 nitrogen and oxygen atoms in total. The van der Waals surface area contributed by atoms with Gasteiger partial charge >= 0.3 is 0 Å². The van der Waals surface area contributed by atoms with Gasteiger partial charge in [0.2, 0.25) is 0 Å². The molecule has 0 radical (unpaired) electrons. The van der Waals surface area contributed by atoms with Gasteiger partial charge in [-0.3, -0.25) is 0 Å². The summed E-state index contributed by atoms with van der Waals surface area (Å²) in [6, 6.07) is 0. The van der Waals surface area contributed by atoms with Crippen LogP contribution in [0, 0.1) is 0 Å². The van der Waals surface area contributed by atoms with Crippen LogP contribution in [0.4, 0.5) is 0 Å². The molecule has 0 heterocycles. The number of hydrogen-bond donors (Lipinski definition) is 1. The quantitative estimate of drug-likeness (QED) is 0.542. The third-order valence-corrected chi connectivity index (χ3v) is 4.83. The van der Waals surface area contributed by atoms with E-state index in [-0.39, 0.29) is 17.0 Å². The largest absolute Gasteiger partial charge is 0.331 e. The van der Waals surface area contributed by atoms with Gasteiger partial charge in [-0.1, -0.05) is 0 Å². The number of rotatable bonds is 8. The van der Waals surface area contributed by atoms with Crippen LogP contribution in [-0.2, 0) is 9.84 Å². The van der Waals surface area contributed by atoms with Crippen molar-refractivity contribution in [2.45, 2.75) is 32.2 Å². The summed E-state index contributed by atoms with van der Waals surface area (Å²) in [5.41, 5.74) is -0.339. The molecule has 0 spiro atoms. The zero-order valence-electron chi connectivity index (χ0n) is 11.6. The van der Waals surface area contributed by atoms with Crippen molar-refractivity contribution in [3.63, 3.8) is 0 Å². The molecular weight excluding hydrogens is 260 g/mol. The third kappa shape index (κ3) is 9.83. The zero-order chi connectivity index (χ0) is 13.7. The van der Waals surface area contributed by atoms with Gasteiger partial charge in [-0.2, -0.15) is 0 Å². The lowest BCUT2D eigenvalue weighted by molar-refractivity contribution is -0.870. The van der Waals surface area contributed by atoms with E-state index >= 15 is 0 Å². The molecule has 0 aliphatic carbocycles. The van der Waals surface area contributed by atoms with Crippen LogP contribution in [0.2, 0.25) is 0 Å². The summed E-state index contributed by atoms with van der Waals surface area (Å²) in [6.07, 6.45) is 1.24. The van der Waals surface area contributed by atoms with Crippen LogP contribution in [-0.4, -0.2) is 57.6 Å². The fourth-order valence-corrected chi connectivity index (χ4v) is 3.01. The molecule has 104 valence electrons. The van der Waals surface area contributed by atoms with Crippen LogP contribution < -0.4 is 4.84 Å². The van der Waals surface area contributed by atoms with Gasteiger partial charge in [0.15, 0.2) is 9.84 Å². The maximum absolute atomic E-state index is 11.8. The maximum Gasteiger partial charge on any atom is 0.150 e. The standard InChI is InChI=1S/C11H26ClN2O2S/c1-11(2,13-12)7-10-17(15,16)9-6-8-14(3,4)5/h13H,6-10H2,1-5H3/q+1. The van der Waals surface area contributed by atoms with E-state index in [0.29, 0.717) is 12.8 Å². The number of nitrogens with zero attached hydrogens (tertiary/aromatic N) is 1. The van der Waals surface area contributed by atoms with Crippen molar-refractivity contribution in [1.29, 1.82) is 0 Å². The van der Waals surface area contributed by atoms with Gasteiger partial charge in [-0.05, 0) is 32.0 Å². The van der Waals surface area contributed by atoms with Crippen molar-refractivity contribution in [2.24, 2.45) is 0 Å². The topological polar surface area (TPSA) is 46.2 Å². The van der Waals surface area contributed by atoms with Crippen molar-refractivity contribution >= 4 is 21.6 Å². The van der Waals surface area contributed by atoms with E-state index in [2.05, 4.69) is 26.0 Å². The Bertz CT molecular complexity index is 321. The average Bonchev–Trinajstić information content (AvgIpc) is 2.13. The number of sulfone groups is 1. The normalized spacial score (nSPS) is 14.0. The van der Waals surface area contributed by atoms with E-state index in [0.717, 1.165) is 11.0 Å². The second-order valence-corrected chi connectivity index (χ2v) is 8.74. The molecule has 0 aromatic rings. The molecule has 0 aromatic carbocycles. The lowest BCUT2D eigenvalue weighted by Crippen LogP contribution is -2.37. The highest BCUT2D eigenvalue weighted by molar-refractivity contribution is 7.91.